The van der Waals surface area contributed by atoms with Crippen molar-refractivity contribution in [2.75, 3.05) is 13.1 Å². The van der Waals surface area contributed by atoms with Crippen LogP contribution < -0.4 is 10.1 Å². The van der Waals surface area contributed by atoms with Crippen molar-refractivity contribution in [3.8, 4) is 5.75 Å². The van der Waals surface area contributed by atoms with Gasteiger partial charge in [-0.25, -0.2) is 4.39 Å². The van der Waals surface area contributed by atoms with Crippen molar-refractivity contribution in [2.24, 2.45) is 5.92 Å². The van der Waals surface area contributed by atoms with Gasteiger partial charge >= 0.3 is 0 Å². The van der Waals surface area contributed by atoms with Gasteiger partial charge in [0.05, 0.1) is 5.02 Å². The Morgan fingerprint density at radius 2 is 2.41 bits per heavy atom. The van der Waals surface area contributed by atoms with E-state index < -0.39 is 0 Å². The molecule has 2 atom stereocenters. The first kappa shape index (κ1) is 12.7. The fourth-order valence-corrected chi connectivity index (χ4v) is 2.46. The Hall–Kier alpha value is -0.800. The minimum atomic E-state index is -0.387. The standard InChI is InChI=1S/C13H17ClFNO/c1-2-12(9-6-7-16-8-9)17-13-10(14)4-3-5-11(13)15/h3-5,9,12,16H,2,6-8H2,1H3/t9?,12-/m0/s1. The van der Waals surface area contributed by atoms with Gasteiger partial charge in [-0.15, -0.1) is 0 Å². The van der Waals surface area contributed by atoms with Gasteiger partial charge in [0.2, 0.25) is 0 Å². The Labute approximate surface area is 106 Å². The topological polar surface area (TPSA) is 21.3 Å². The summed E-state index contributed by atoms with van der Waals surface area (Å²) < 4.78 is 19.4. The van der Waals surface area contributed by atoms with Crippen LogP contribution in [-0.4, -0.2) is 19.2 Å². The minimum absolute atomic E-state index is 0.0272. The van der Waals surface area contributed by atoms with Crippen LogP contribution in [0, 0.1) is 11.7 Å². The van der Waals surface area contributed by atoms with Gasteiger partial charge in [0.15, 0.2) is 11.6 Å². The van der Waals surface area contributed by atoms with Crippen LogP contribution in [0.15, 0.2) is 18.2 Å². The normalized spacial score (nSPS) is 21.5. The van der Waals surface area contributed by atoms with E-state index in [0.717, 1.165) is 25.9 Å². The summed E-state index contributed by atoms with van der Waals surface area (Å²) in [6.45, 7) is 4.00. The summed E-state index contributed by atoms with van der Waals surface area (Å²) in [4.78, 5) is 0. The van der Waals surface area contributed by atoms with Crippen LogP contribution in [0.5, 0.6) is 5.75 Å². The molecule has 0 aliphatic carbocycles. The molecule has 1 fully saturated rings. The Morgan fingerprint density at radius 3 is 3.00 bits per heavy atom. The summed E-state index contributed by atoms with van der Waals surface area (Å²) in [5.74, 6) is 0.241. The average molecular weight is 258 g/mol. The van der Waals surface area contributed by atoms with Gasteiger partial charge in [-0.1, -0.05) is 24.6 Å². The van der Waals surface area contributed by atoms with Gasteiger partial charge in [0, 0.05) is 12.5 Å². The molecular weight excluding hydrogens is 241 g/mol. The maximum absolute atomic E-state index is 13.6. The van der Waals surface area contributed by atoms with Crippen molar-refractivity contribution >= 4 is 11.6 Å². The highest BCUT2D eigenvalue weighted by atomic mass is 35.5. The highest BCUT2D eigenvalue weighted by molar-refractivity contribution is 6.32. The number of rotatable bonds is 4. The van der Waals surface area contributed by atoms with Gasteiger partial charge in [0.25, 0.3) is 0 Å². The molecule has 0 aromatic heterocycles. The van der Waals surface area contributed by atoms with Crippen LogP contribution in [0.25, 0.3) is 0 Å². The quantitative estimate of drug-likeness (QED) is 0.894. The Bertz CT molecular complexity index is 359. The largest absolute Gasteiger partial charge is 0.485 e. The van der Waals surface area contributed by atoms with Crippen LogP contribution >= 0.6 is 11.6 Å². The zero-order valence-corrected chi connectivity index (χ0v) is 10.6. The monoisotopic (exact) mass is 257 g/mol. The third-order valence-corrected chi connectivity index (χ3v) is 3.51. The fourth-order valence-electron chi connectivity index (χ4n) is 2.25. The molecule has 1 aliphatic heterocycles. The molecule has 0 spiro atoms. The van der Waals surface area contributed by atoms with Gasteiger partial charge in [-0.05, 0) is 31.5 Å². The lowest BCUT2D eigenvalue weighted by molar-refractivity contribution is 0.133. The van der Waals surface area contributed by atoms with E-state index in [1.165, 1.54) is 6.07 Å². The van der Waals surface area contributed by atoms with Crippen LogP contribution in [0.2, 0.25) is 5.02 Å². The molecule has 4 heteroatoms. The summed E-state index contributed by atoms with van der Waals surface area (Å²) in [7, 11) is 0. The minimum Gasteiger partial charge on any atom is -0.485 e. The maximum Gasteiger partial charge on any atom is 0.173 e. The molecule has 1 aromatic rings. The molecule has 1 saturated heterocycles. The van der Waals surface area contributed by atoms with Crippen molar-refractivity contribution < 1.29 is 9.13 Å². The van der Waals surface area contributed by atoms with Gasteiger partial charge < -0.3 is 10.1 Å². The van der Waals surface area contributed by atoms with Crippen LogP contribution in [0.3, 0.4) is 0 Å². The third kappa shape index (κ3) is 2.90. The number of halogens is 2. The van der Waals surface area contributed by atoms with Crippen LogP contribution in [0.4, 0.5) is 4.39 Å². The Morgan fingerprint density at radius 1 is 1.59 bits per heavy atom. The van der Waals surface area contributed by atoms with E-state index in [-0.39, 0.29) is 17.7 Å². The first-order valence-corrected chi connectivity index (χ1v) is 6.41. The van der Waals surface area contributed by atoms with E-state index in [1.54, 1.807) is 12.1 Å². The van der Waals surface area contributed by atoms with E-state index >= 15 is 0 Å². The van der Waals surface area contributed by atoms with E-state index in [2.05, 4.69) is 12.2 Å². The summed E-state index contributed by atoms with van der Waals surface area (Å²) in [6.07, 6.45) is 1.96. The first-order valence-electron chi connectivity index (χ1n) is 6.03. The van der Waals surface area contributed by atoms with Gasteiger partial charge in [-0.2, -0.15) is 0 Å². The number of ether oxygens (including phenoxy) is 1. The fraction of sp³-hybridized carbons (Fsp3) is 0.538. The number of para-hydroxylation sites is 1. The molecule has 2 rings (SSSR count). The van der Waals surface area contributed by atoms with E-state index in [9.17, 15) is 4.39 Å². The molecule has 1 N–H and O–H groups in total. The van der Waals surface area contributed by atoms with Crippen LogP contribution in [-0.2, 0) is 0 Å². The molecule has 0 radical (unpaired) electrons. The van der Waals surface area contributed by atoms with Crippen molar-refractivity contribution in [3.63, 3.8) is 0 Å². The predicted octanol–water partition coefficient (Wildman–Crippen LogP) is 3.25. The molecule has 17 heavy (non-hydrogen) atoms. The van der Waals surface area contributed by atoms with Crippen molar-refractivity contribution in [2.45, 2.75) is 25.9 Å². The molecule has 1 heterocycles. The number of hydrogen-bond acceptors (Lipinski definition) is 2. The van der Waals surface area contributed by atoms with Crippen molar-refractivity contribution in [1.29, 1.82) is 0 Å². The third-order valence-electron chi connectivity index (χ3n) is 3.21. The Balaban J connectivity index is 2.12. The Kier molecular flexibility index (Phi) is 4.24. The summed E-state index contributed by atoms with van der Waals surface area (Å²) in [6, 6.07) is 4.61. The van der Waals surface area contributed by atoms with E-state index in [0.29, 0.717) is 10.9 Å². The SMILES string of the molecule is CC[C@H](Oc1c(F)cccc1Cl)C1CCNC1. The van der Waals surface area contributed by atoms with Crippen molar-refractivity contribution in [3.05, 3.63) is 29.0 Å². The second-order valence-corrected chi connectivity index (χ2v) is 4.78. The smallest absolute Gasteiger partial charge is 0.173 e. The zero-order valence-electron chi connectivity index (χ0n) is 9.88. The molecule has 1 unspecified atom stereocenters. The maximum atomic E-state index is 13.6. The summed E-state index contributed by atoms with van der Waals surface area (Å²) >= 11 is 5.96. The highest BCUT2D eigenvalue weighted by Gasteiger charge is 2.26. The number of nitrogens with one attached hydrogen (secondary N) is 1. The molecule has 0 amide bonds. The molecule has 0 saturated carbocycles. The first-order chi connectivity index (χ1) is 8.22. The molecule has 1 aliphatic rings. The molecule has 0 bridgehead atoms. The van der Waals surface area contributed by atoms with Gasteiger partial charge in [-0.3, -0.25) is 0 Å². The molecule has 1 aromatic carbocycles. The van der Waals surface area contributed by atoms with E-state index in [4.69, 9.17) is 16.3 Å². The molecular formula is C13H17ClFNO. The second kappa shape index (κ2) is 5.69. The lowest BCUT2D eigenvalue weighted by Gasteiger charge is -2.23. The molecule has 94 valence electrons. The lowest BCUT2D eigenvalue weighted by atomic mass is 9.99. The zero-order chi connectivity index (χ0) is 12.3. The van der Waals surface area contributed by atoms with Gasteiger partial charge in [0.1, 0.15) is 6.10 Å². The number of benzene rings is 1. The van der Waals surface area contributed by atoms with Crippen LogP contribution in [0.1, 0.15) is 19.8 Å². The highest BCUT2D eigenvalue weighted by Crippen LogP contribution is 2.31. The summed E-state index contributed by atoms with van der Waals surface area (Å²) in [5.41, 5.74) is 0. The second-order valence-electron chi connectivity index (χ2n) is 4.37. The predicted molar refractivity (Wildman–Crippen MR) is 67.1 cm³/mol. The molecule has 2 nitrogen and oxygen atoms in total. The van der Waals surface area contributed by atoms with E-state index in [1.807, 2.05) is 0 Å². The number of hydrogen-bond donors (Lipinski definition) is 1. The average Bonchev–Trinajstić information content (AvgIpc) is 2.82. The summed E-state index contributed by atoms with van der Waals surface area (Å²) in [5, 5.41) is 3.64. The lowest BCUT2D eigenvalue weighted by Crippen LogP contribution is -2.28. The van der Waals surface area contributed by atoms with Crippen molar-refractivity contribution in [1.82, 2.24) is 5.32 Å².